The van der Waals surface area contributed by atoms with Crippen LogP contribution in [0.5, 0.6) is 0 Å². The molecule has 0 heterocycles. The Bertz CT molecular complexity index is 783. The molecule has 1 aromatic rings. The lowest BCUT2D eigenvalue weighted by molar-refractivity contribution is -0.158. The molecule has 2 amide bonds. The number of hydrogen-bond acceptors (Lipinski definition) is 8. The first kappa shape index (κ1) is 26.9. The minimum atomic E-state index is -1.58. The molecule has 0 aliphatic rings. The van der Waals surface area contributed by atoms with Crippen LogP contribution in [0.1, 0.15) is 32.8 Å². The van der Waals surface area contributed by atoms with Gasteiger partial charge in [0.2, 0.25) is 5.91 Å². The van der Waals surface area contributed by atoms with E-state index >= 15 is 0 Å². The van der Waals surface area contributed by atoms with E-state index in [1.165, 1.54) is 6.82 Å². The van der Waals surface area contributed by atoms with Gasteiger partial charge in [0.25, 0.3) is 0 Å². The molecule has 5 N–H and O–H groups in total. The summed E-state index contributed by atoms with van der Waals surface area (Å²) in [7, 11) is -0.996. The second-order valence-corrected chi connectivity index (χ2v) is 8.03. The van der Waals surface area contributed by atoms with E-state index in [0.29, 0.717) is 0 Å². The number of aliphatic carboxylic acids is 1. The molecular formula is C20H30BN3O8. The molecule has 1 rings (SSSR count). The van der Waals surface area contributed by atoms with E-state index in [1.54, 1.807) is 45.0 Å². The van der Waals surface area contributed by atoms with Crippen LogP contribution in [0, 0.1) is 0 Å². The third kappa shape index (κ3) is 11.3. The fraction of sp³-hybridized carbons (Fsp3) is 0.500. The molecule has 0 bridgehead atoms. The second-order valence-electron chi connectivity index (χ2n) is 8.03. The molecule has 12 heteroatoms. The van der Waals surface area contributed by atoms with Crippen LogP contribution in [0.2, 0.25) is 6.82 Å². The fourth-order valence-corrected chi connectivity index (χ4v) is 2.43. The van der Waals surface area contributed by atoms with Gasteiger partial charge in [0.1, 0.15) is 24.3 Å². The molecule has 0 aliphatic carbocycles. The summed E-state index contributed by atoms with van der Waals surface area (Å²) in [6, 6.07) is 6.00. The standard InChI is InChI=1S/C20H30BN3O8/c1-20(2,3)32-16(25)10-14(18(27)28)23-17(26)15(11-22-21(4)30)24-19(29)31-12-13-8-6-5-7-9-13/h5-9,14-15,22,30H,10-12H2,1-4H3,(H,23,26)(H,24,29)(H,27,28). The van der Waals surface area contributed by atoms with Crippen molar-refractivity contribution in [2.45, 2.75) is 58.3 Å². The Morgan fingerprint density at radius 3 is 2.22 bits per heavy atom. The lowest BCUT2D eigenvalue weighted by Crippen LogP contribution is -2.56. The molecule has 1 aromatic carbocycles. The number of amides is 2. The molecule has 0 saturated heterocycles. The molecule has 32 heavy (non-hydrogen) atoms. The summed E-state index contributed by atoms with van der Waals surface area (Å²) in [6.07, 6.45) is -1.52. The van der Waals surface area contributed by atoms with Gasteiger partial charge in [-0.05, 0) is 33.2 Å². The van der Waals surface area contributed by atoms with Gasteiger partial charge < -0.3 is 35.5 Å². The molecule has 0 spiro atoms. The van der Waals surface area contributed by atoms with Gasteiger partial charge in [-0.3, -0.25) is 9.59 Å². The molecule has 0 saturated carbocycles. The summed E-state index contributed by atoms with van der Waals surface area (Å²) >= 11 is 0. The third-order valence-corrected chi connectivity index (χ3v) is 3.84. The van der Waals surface area contributed by atoms with Gasteiger partial charge in [0, 0.05) is 6.54 Å². The van der Waals surface area contributed by atoms with Crippen molar-refractivity contribution >= 4 is 31.0 Å². The van der Waals surface area contributed by atoms with Crippen molar-refractivity contribution in [3.8, 4) is 0 Å². The molecule has 2 atom stereocenters. The van der Waals surface area contributed by atoms with Crippen LogP contribution >= 0.6 is 0 Å². The van der Waals surface area contributed by atoms with Crippen LogP contribution in [-0.2, 0) is 30.5 Å². The highest BCUT2D eigenvalue weighted by Gasteiger charge is 2.30. The Morgan fingerprint density at radius 1 is 1.06 bits per heavy atom. The van der Waals surface area contributed by atoms with Gasteiger partial charge in [-0.1, -0.05) is 30.3 Å². The number of ether oxygens (including phenoxy) is 2. The van der Waals surface area contributed by atoms with Crippen molar-refractivity contribution in [2.75, 3.05) is 6.54 Å². The zero-order valence-corrected chi connectivity index (χ0v) is 18.6. The van der Waals surface area contributed by atoms with Gasteiger partial charge in [0.05, 0.1) is 6.42 Å². The maximum Gasteiger partial charge on any atom is 0.408 e. The Hall–Kier alpha value is -3.12. The molecule has 0 radical (unpaired) electrons. The van der Waals surface area contributed by atoms with E-state index in [9.17, 15) is 29.3 Å². The summed E-state index contributed by atoms with van der Waals surface area (Å²) in [5.41, 5.74) is -0.0909. The number of carbonyl (C=O) groups excluding carboxylic acids is 3. The maximum absolute atomic E-state index is 12.6. The monoisotopic (exact) mass is 451 g/mol. The number of esters is 1. The molecule has 176 valence electrons. The average Bonchev–Trinajstić information content (AvgIpc) is 2.68. The van der Waals surface area contributed by atoms with E-state index in [-0.39, 0.29) is 13.2 Å². The van der Waals surface area contributed by atoms with Crippen molar-refractivity contribution in [1.82, 2.24) is 15.9 Å². The first-order valence-corrected chi connectivity index (χ1v) is 10.0. The van der Waals surface area contributed by atoms with E-state index < -0.39 is 55.1 Å². The summed E-state index contributed by atoms with van der Waals surface area (Å²) in [5, 5.41) is 25.9. The number of carbonyl (C=O) groups is 4. The summed E-state index contributed by atoms with van der Waals surface area (Å²) in [6.45, 7) is 6.03. The van der Waals surface area contributed by atoms with Crippen molar-refractivity contribution in [3.63, 3.8) is 0 Å². The summed E-state index contributed by atoms with van der Waals surface area (Å²) < 4.78 is 10.2. The molecule has 0 fully saturated rings. The van der Waals surface area contributed by atoms with Crippen molar-refractivity contribution in [3.05, 3.63) is 35.9 Å². The van der Waals surface area contributed by atoms with Gasteiger partial charge in [0.15, 0.2) is 0 Å². The quantitative estimate of drug-likeness (QED) is 0.235. The number of nitrogens with one attached hydrogen (secondary N) is 3. The molecular weight excluding hydrogens is 421 g/mol. The lowest BCUT2D eigenvalue weighted by atomic mass is 9.88. The SMILES string of the molecule is CB(O)NCC(NC(=O)OCc1ccccc1)C(=O)NC(CC(=O)OC(C)(C)C)C(=O)O. The van der Waals surface area contributed by atoms with Crippen LogP contribution in [0.3, 0.4) is 0 Å². The Morgan fingerprint density at radius 2 is 1.69 bits per heavy atom. The minimum Gasteiger partial charge on any atom is -0.480 e. The molecule has 0 aromatic heterocycles. The van der Waals surface area contributed by atoms with Crippen molar-refractivity contribution < 1.29 is 38.8 Å². The van der Waals surface area contributed by atoms with Crippen LogP contribution in [-0.4, -0.2) is 65.3 Å². The third-order valence-electron chi connectivity index (χ3n) is 3.84. The predicted octanol–water partition coefficient (Wildman–Crippen LogP) is 0.283. The zero-order chi connectivity index (χ0) is 24.3. The summed E-state index contributed by atoms with van der Waals surface area (Å²) in [4.78, 5) is 48.2. The second kappa shape index (κ2) is 12.7. The number of benzene rings is 1. The number of alkyl carbamates (subject to hydrolysis) is 1. The lowest BCUT2D eigenvalue weighted by Gasteiger charge is -2.23. The largest absolute Gasteiger partial charge is 0.480 e. The normalized spacial score (nSPS) is 12.8. The Kier molecular flexibility index (Phi) is 10.7. The van der Waals surface area contributed by atoms with Crippen LogP contribution < -0.4 is 15.9 Å². The van der Waals surface area contributed by atoms with Crippen molar-refractivity contribution in [2.24, 2.45) is 0 Å². The Balaban J connectivity index is 2.77. The smallest absolute Gasteiger partial charge is 0.408 e. The topological polar surface area (TPSA) is 163 Å². The molecule has 11 nitrogen and oxygen atoms in total. The minimum absolute atomic E-state index is 0.0404. The van der Waals surface area contributed by atoms with Crippen LogP contribution in [0.15, 0.2) is 30.3 Å². The highest BCUT2D eigenvalue weighted by Crippen LogP contribution is 2.09. The van der Waals surface area contributed by atoms with E-state index in [1.807, 2.05) is 6.07 Å². The Labute approximate surface area is 187 Å². The van der Waals surface area contributed by atoms with Crippen molar-refractivity contribution in [1.29, 1.82) is 0 Å². The highest BCUT2D eigenvalue weighted by molar-refractivity contribution is 6.45. The van der Waals surface area contributed by atoms with Gasteiger partial charge in [-0.25, -0.2) is 9.59 Å². The predicted molar refractivity (Wildman–Crippen MR) is 115 cm³/mol. The molecule has 0 aliphatic heterocycles. The first-order chi connectivity index (χ1) is 14.9. The fourth-order valence-electron chi connectivity index (χ4n) is 2.43. The van der Waals surface area contributed by atoms with E-state index in [2.05, 4.69) is 15.9 Å². The van der Waals surface area contributed by atoms with E-state index in [4.69, 9.17) is 9.47 Å². The van der Waals surface area contributed by atoms with Gasteiger partial charge in [-0.15, -0.1) is 0 Å². The first-order valence-electron chi connectivity index (χ1n) is 10.0. The number of hydrogen-bond donors (Lipinski definition) is 5. The van der Waals surface area contributed by atoms with Crippen LogP contribution in [0.25, 0.3) is 0 Å². The molecule has 2 unspecified atom stereocenters. The zero-order valence-electron chi connectivity index (χ0n) is 18.6. The number of carboxylic acid groups (broad SMARTS) is 1. The van der Waals surface area contributed by atoms with Crippen LogP contribution in [0.4, 0.5) is 4.79 Å². The average molecular weight is 451 g/mol. The number of rotatable bonds is 11. The number of carboxylic acids is 1. The van der Waals surface area contributed by atoms with E-state index in [0.717, 1.165) is 5.56 Å². The highest BCUT2D eigenvalue weighted by atomic mass is 16.6. The van der Waals surface area contributed by atoms with Gasteiger partial charge >= 0.3 is 25.1 Å². The van der Waals surface area contributed by atoms with Gasteiger partial charge in [-0.2, -0.15) is 0 Å². The summed E-state index contributed by atoms with van der Waals surface area (Å²) in [5.74, 6) is -3.14. The maximum atomic E-state index is 12.6.